The lowest BCUT2D eigenvalue weighted by molar-refractivity contribution is 0.127. The molecule has 2 aromatic heterocycles. The van der Waals surface area contributed by atoms with Gasteiger partial charge in [-0.1, -0.05) is 18.2 Å². The van der Waals surface area contributed by atoms with Crippen molar-refractivity contribution in [2.24, 2.45) is 0 Å². The predicted octanol–water partition coefficient (Wildman–Crippen LogP) is 4.24. The first-order valence-electron chi connectivity index (χ1n) is 12.5. The number of alkyl halides is 2. The fourth-order valence-corrected chi connectivity index (χ4v) is 4.76. The van der Waals surface area contributed by atoms with E-state index in [1.807, 2.05) is 12.1 Å². The molecule has 0 bridgehead atoms. The lowest BCUT2D eigenvalue weighted by Crippen LogP contribution is -2.46. The van der Waals surface area contributed by atoms with Crippen LogP contribution in [0.15, 0.2) is 47.3 Å². The Morgan fingerprint density at radius 3 is 2.39 bits per heavy atom. The number of aromatic nitrogens is 4. The Balaban J connectivity index is 1.35. The van der Waals surface area contributed by atoms with E-state index in [1.54, 1.807) is 37.3 Å². The number of hydrogen-bond donors (Lipinski definition) is 2. The summed E-state index contributed by atoms with van der Waals surface area (Å²) in [6.45, 7) is 5.55. The number of halogens is 3. The number of anilines is 2. The number of nitrogens with two attached hydrogens (primary N) is 1. The van der Waals surface area contributed by atoms with E-state index in [9.17, 15) is 18.0 Å². The fourth-order valence-electron chi connectivity index (χ4n) is 4.76. The molecule has 1 aliphatic rings. The van der Waals surface area contributed by atoms with E-state index in [-0.39, 0.29) is 23.5 Å². The third-order valence-electron chi connectivity index (χ3n) is 6.75. The highest BCUT2D eigenvalue weighted by molar-refractivity contribution is 5.85. The third kappa shape index (κ3) is 5.47. The van der Waals surface area contributed by atoms with E-state index >= 15 is 0 Å². The van der Waals surface area contributed by atoms with Crippen LogP contribution in [0, 0.1) is 12.9 Å². The van der Waals surface area contributed by atoms with Crippen LogP contribution in [0.5, 0.6) is 0 Å². The van der Waals surface area contributed by atoms with Gasteiger partial charge in [-0.3, -0.25) is 9.69 Å². The van der Waals surface area contributed by atoms with Gasteiger partial charge >= 0.3 is 0 Å². The molecular formula is C27H28F3N7O. The molecular weight excluding hydrogens is 495 g/mol. The maximum Gasteiger partial charge on any atom is 0.258 e. The molecule has 0 atom stereocenters. The standard InChI is InChI=1S/C27H28F3N7O/c1-16-32-21-15-18(6-9-20(21)27(38)33-16)24-26(31)35-25(30)23(34-24)17-4-7-19(8-5-17)37-13-11-36(12-14-37)10-2-3-22(28)29/h4-9,15,22H,2-3,10-14H2,1H3,(H2,31,35)(H,32,33,38). The highest BCUT2D eigenvalue weighted by atomic mass is 19.3. The number of piperazine rings is 1. The van der Waals surface area contributed by atoms with E-state index in [1.165, 1.54) is 0 Å². The minimum Gasteiger partial charge on any atom is -0.382 e. The second-order valence-electron chi connectivity index (χ2n) is 9.39. The molecule has 0 unspecified atom stereocenters. The van der Waals surface area contributed by atoms with Crippen molar-refractivity contribution in [1.82, 2.24) is 24.8 Å². The van der Waals surface area contributed by atoms with Gasteiger partial charge in [-0.05, 0) is 44.2 Å². The van der Waals surface area contributed by atoms with Gasteiger partial charge in [-0.15, -0.1) is 0 Å². The van der Waals surface area contributed by atoms with Crippen molar-refractivity contribution in [2.75, 3.05) is 43.4 Å². The molecule has 0 aliphatic carbocycles. The molecule has 198 valence electrons. The molecule has 3 N–H and O–H groups in total. The summed E-state index contributed by atoms with van der Waals surface area (Å²) in [5.74, 6) is -0.357. The number of nitrogens with zero attached hydrogens (tertiary/aromatic N) is 5. The zero-order valence-corrected chi connectivity index (χ0v) is 20.9. The van der Waals surface area contributed by atoms with Crippen LogP contribution in [0.4, 0.5) is 24.7 Å². The van der Waals surface area contributed by atoms with Crippen molar-refractivity contribution in [3.8, 4) is 22.5 Å². The molecule has 0 saturated carbocycles. The van der Waals surface area contributed by atoms with Crippen molar-refractivity contribution in [3.63, 3.8) is 0 Å². The average Bonchev–Trinajstić information content (AvgIpc) is 2.89. The first-order valence-corrected chi connectivity index (χ1v) is 12.5. The molecule has 0 amide bonds. The van der Waals surface area contributed by atoms with Crippen LogP contribution in [0.2, 0.25) is 0 Å². The van der Waals surface area contributed by atoms with Crippen LogP contribution < -0.4 is 16.2 Å². The Kier molecular flexibility index (Phi) is 7.28. The van der Waals surface area contributed by atoms with Gasteiger partial charge in [0, 0.05) is 49.4 Å². The molecule has 0 spiro atoms. The lowest BCUT2D eigenvalue weighted by atomic mass is 10.1. The van der Waals surface area contributed by atoms with Crippen LogP contribution in [-0.4, -0.2) is 64.0 Å². The number of aryl methyl sites for hydroxylation is 1. The first kappa shape index (κ1) is 25.7. The van der Waals surface area contributed by atoms with Gasteiger partial charge in [-0.2, -0.15) is 9.37 Å². The summed E-state index contributed by atoms with van der Waals surface area (Å²) in [6.07, 6.45) is -1.82. The number of H-pyrrole nitrogens is 1. The maximum absolute atomic E-state index is 14.9. The van der Waals surface area contributed by atoms with Crippen LogP contribution in [0.3, 0.4) is 0 Å². The van der Waals surface area contributed by atoms with E-state index in [0.29, 0.717) is 46.5 Å². The SMILES string of the molecule is Cc1nc2cc(-c3nc(-c4ccc(N5CCN(CCCC(F)F)CC5)cc4)c(F)nc3N)ccc2c(=O)[nH]1. The van der Waals surface area contributed by atoms with E-state index in [2.05, 4.69) is 29.7 Å². The summed E-state index contributed by atoms with van der Waals surface area (Å²) < 4.78 is 39.6. The summed E-state index contributed by atoms with van der Waals surface area (Å²) in [4.78, 5) is 32.1. The van der Waals surface area contributed by atoms with Crippen molar-refractivity contribution >= 4 is 22.4 Å². The minimum atomic E-state index is -2.25. The second-order valence-corrected chi connectivity index (χ2v) is 9.39. The Bertz CT molecular complexity index is 1500. The highest BCUT2D eigenvalue weighted by Crippen LogP contribution is 2.30. The molecule has 38 heavy (non-hydrogen) atoms. The summed E-state index contributed by atoms with van der Waals surface area (Å²) in [5, 5.41) is 0.429. The molecule has 4 aromatic rings. The fraction of sp³-hybridized carbons (Fsp3) is 0.333. The topological polar surface area (TPSA) is 104 Å². The monoisotopic (exact) mass is 523 g/mol. The van der Waals surface area contributed by atoms with Gasteiger partial charge in [0.05, 0.1) is 10.9 Å². The maximum atomic E-state index is 14.9. The van der Waals surface area contributed by atoms with Crippen LogP contribution in [0.1, 0.15) is 18.7 Å². The van der Waals surface area contributed by atoms with Gasteiger partial charge in [-0.25, -0.2) is 18.7 Å². The van der Waals surface area contributed by atoms with Crippen molar-refractivity contribution in [3.05, 3.63) is 64.6 Å². The molecule has 1 saturated heterocycles. The molecule has 3 heterocycles. The molecule has 5 rings (SSSR count). The van der Waals surface area contributed by atoms with Crippen LogP contribution >= 0.6 is 0 Å². The summed E-state index contributed by atoms with van der Waals surface area (Å²) in [6, 6.07) is 12.4. The summed E-state index contributed by atoms with van der Waals surface area (Å²) >= 11 is 0. The van der Waals surface area contributed by atoms with Crippen LogP contribution in [0.25, 0.3) is 33.4 Å². The number of hydrogen-bond acceptors (Lipinski definition) is 7. The van der Waals surface area contributed by atoms with E-state index < -0.39 is 12.4 Å². The number of aromatic amines is 1. The number of benzene rings is 2. The summed E-state index contributed by atoms with van der Waals surface area (Å²) in [5.41, 5.74) is 8.76. The quantitative estimate of drug-likeness (QED) is 0.373. The van der Waals surface area contributed by atoms with E-state index in [0.717, 1.165) is 31.9 Å². The van der Waals surface area contributed by atoms with Gasteiger partial charge in [0.25, 0.3) is 5.56 Å². The van der Waals surface area contributed by atoms with Gasteiger partial charge in [0.2, 0.25) is 12.4 Å². The highest BCUT2D eigenvalue weighted by Gasteiger charge is 2.19. The Morgan fingerprint density at radius 1 is 0.974 bits per heavy atom. The molecule has 1 fully saturated rings. The minimum absolute atomic E-state index is 0.0600. The molecule has 0 radical (unpaired) electrons. The van der Waals surface area contributed by atoms with Crippen molar-refractivity contribution in [1.29, 1.82) is 0 Å². The van der Waals surface area contributed by atoms with E-state index in [4.69, 9.17) is 5.73 Å². The number of fused-ring (bicyclic) bond motifs is 1. The Hall–Kier alpha value is -3.99. The molecule has 11 heteroatoms. The largest absolute Gasteiger partial charge is 0.382 e. The zero-order chi connectivity index (χ0) is 26.8. The molecule has 2 aromatic carbocycles. The van der Waals surface area contributed by atoms with Gasteiger partial charge < -0.3 is 15.6 Å². The predicted molar refractivity (Wildman–Crippen MR) is 142 cm³/mol. The third-order valence-corrected chi connectivity index (χ3v) is 6.75. The first-order chi connectivity index (χ1) is 18.3. The zero-order valence-electron chi connectivity index (χ0n) is 20.9. The van der Waals surface area contributed by atoms with Crippen molar-refractivity contribution < 1.29 is 13.2 Å². The second kappa shape index (κ2) is 10.8. The van der Waals surface area contributed by atoms with Gasteiger partial charge in [0.15, 0.2) is 5.82 Å². The number of nitrogens with one attached hydrogen (secondary N) is 1. The summed E-state index contributed by atoms with van der Waals surface area (Å²) in [7, 11) is 0. The lowest BCUT2D eigenvalue weighted by Gasteiger charge is -2.36. The Morgan fingerprint density at radius 2 is 1.68 bits per heavy atom. The molecule has 1 aliphatic heterocycles. The molecule has 8 nitrogen and oxygen atoms in total. The average molecular weight is 524 g/mol. The van der Waals surface area contributed by atoms with Crippen molar-refractivity contribution in [2.45, 2.75) is 26.2 Å². The number of rotatable bonds is 7. The van der Waals surface area contributed by atoms with Gasteiger partial charge in [0.1, 0.15) is 17.2 Å². The smallest absolute Gasteiger partial charge is 0.258 e. The number of nitrogen functional groups attached to an aromatic ring is 1. The van der Waals surface area contributed by atoms with Crippen LogP contribution in [-0.2, 0) is 0 Å². The Labute approximate surface area is 217 Å². The normalized spacial score (nSPS) is 14.5.